The molecule has 1 heterocycles. The monoisotopic (exact) mass is 285 g/mol. The molecule has 1 aromatic heterocycles. The van der Waals surface area contributed by atoms with Gasteiger partial charge in [0, 0.05) is 12.4 Å². The summed E-state index contributed by atoms with van der Waals surface area (Å²) in [5, 5.41) is 20.9. The van der Waals surface area contributed by atoms with Crippen molar-refractivity contribution < 1.29 is 15.0 Å². The van der Waals surface area contributed by atoms with Gasteiger partial charge in [-0.15, -0.1) is 0 Å². The van der Waals surface area contributed by atoms with Crippen molar-refractivity contribution in [3.05, 3.63) is 66.0 Å². The van der Waals surface area contributed by atoms with Gasteiger partial charge in [-0.1, -0.05) is 43.3 Å². The highest BCUT2D eigenvalue weighted by Crippen LogP contribution is 2.43. The Labute approximate surface area is 124 Å². The van der Waals surface area contributed by atoms with Crippen LogP contribution in [0.5, 0.6) is 0 Å². The number of carboxylic acid groups (broad SMARTS) is 1. The third-order valence-corrected chi connectivity index (χ3v) is 4.12. The van der Waals surface area contributed by atoms with Gasteiger partial charge < -0.3 is 10.2 Å². The summed E-state index contributed by atoms with van der Waals surface area (Å²) < 4.78 is 0. The fraction of sp³-hybridized carbons (Fsp3) is 0.294. The van der Waals surface area contributed by atoms with Gasteiger partial charge in [-0.2, -0.15) is 0 Å². The number of carboxylic acids is 1. The molecule has 4 heteroatoms. The van der Waals surface area contributed by atoms with Gasteiger partial charge in [0.05, 0.1) is 5.60 Å². The molecule has 2 rings (SSSR count). The summed E-state index contributed by atoms with van der Waals surface area (Å²) in [5.74, 6) is -1.09. The van der Waals surface area contributed by atoms with Crippen LogP contribution < -0.4 is 0 Å². The van der Waals surface area contributed by atoms with E-state index in [0.29, 0.717) is 17.5 Å². The van der Waals surface area contributed by atoms with Gasteiger partial charge in [0.2, 0.25) is 0 Å². The van der Waals surface area contributed by atoms with Crippen LogP contribution in [-0.2, 0) is 10.2 Å². The zero-order valence-electron chi connectivity index (χ0n) is 12.2. The Bertz CT molecular complexity index is 569. The van der Waals surface area contributed by atoms with Crippen LogP contribution >= 0.6 is 0 Å². The van der Waals surface area contributed by atoms with Crippen LogP contribution in [0, 0.1) is 0 Å². The minimum absolute atomic E-state index is 0.295. The molecule has 0 aliphatic carbocycles. The van der Waals surface area contributed by atoms with Gasteiger partial charge in [-0.05, 0) is 30.5 Å². The Hall–Kier alpha value is -2.20. The maximum Gasteiger partial charge on any atom is 0.321 e. The molecule has 1 aromatic carbocycles. The molecule has 21 heavy (non-hydrogen) atoms. The summed E-state index contributed by atoms with van der Waals surface area (Å²) >= 11 is 0. The van der Waals surface area contributed by atoms with E-state index >= 15 is 0 Å². The molecule has 2 N–H and O–H groups in total. The van der Waals surface area contributed by atoms with Crippen LogP contribution in [0.1, 0.15) is 31.4 Å². The predicted octanol–water partition coefficient (Wildman–Crippen LogP) is 2.61. The maximum absolute atomic E-state index is 12.2. The molecule has 0 bridgehead atoms. The molecule has 0 spiro atoms. The molecule has 0 aliphatic rings. The standard InChI is InChI=1S/C17H19NO3/c1-3-16(2,21)17(15(19)20,13-8-5-4-6-9-13)14-10-7-11-18-12-14/h4-12,21H,3H2,1-2H3,(H,19,20). The van der Waals surface area contributed by atoms with Gasteiger partial charge in [-0.25, -0.2) is 0 Å². The number of aliphatic carboxylic acids is 1. The van der Waals surface area contributed by atoms with E-state index in [0.717, 1.165) is 0 Å². The molecule has 0 saturated heterocycles. The average molecular weight is 285 g/mol. The SMILES string of the molecule is CCC(C)(O)C(C(=O)O)(c1ccccc1)c1cccnc1. The number of benzene rings is 1. The number of carbonyl (C=O) groups is 1. The van der Waals surface area contributed by atoms with Gasteiger partial charge in [0.1, 0.15) is 5.41 Å². The molecule has 110 valence electrons. The number of hydrogen-bond donors (Lipinski definition) is 2. The molecule has 0 fully saturated rings. The highest BCUT2D eigenvalue weighted by Gasteiger charge is 2.55. The topological polar surface area (TPSA) is 70.4 Å². The summed E-state index contributed by atoms with van der Waals surface area (Å²) in [6.07, 6.45) is 3.39. The van der Waals surface area contributed by atoms with Crippen molar-refractivity contribution in [2.24, 2.45) is 0 Å². The highest BCUT2D eigenvalue weighted by atomic mass is 16.4. The number of nitrogens with zero attached hydrogens (tertiary/aromatic N) is 1. The third-order valence-electron chi connectivity index (χ3n) is 4.12. The second-order valence-electron chi connectivity index (χ2n) is 5.29. The quantitative estimate of drug-likeness (QED) is 0.886. The number of aliphatic hydroxyl groups is 1. The number of hydrogen-bond acceptors (Lipinski definition) is 3. The summed E-state index contributed by atoms with van der Waals surface area (Å²) in [5.41, 5.74) is -2.01. The van der Waals surface area contributed by atoms with Crippen LogP contribution in [0.2, 0.25) is 0 Å². The van der Waals surface area contributed by atoms with E-state index in [2.05, 4.69) is 4.98 Å². The van der Waals surface area contributed by atoms with Gasteiger partial charge in [-0.3, -0.25) is 9.78 Å². The summed E-state index contributed by atoms with van der Waals surface area (Å²) in [7, 11) is 0. The maximum atomic E-state index is 12.2. The first-order valence-corrected chi connectivity index (χ1v) is 6.88. The molecule has 0 aliphatic heterocycles. The Morgan fingerprint density at radius 1 is 1.14 bits per heavy atom. The number of rotatable bonds is 5. The van der Waals surface area contributed by atoms with Crippen LogP contribution in [-0.4, -0.2) is 26.8 Å². The Kier molecular flexibility index (Phi) is 4.09. The fourth-order valence-corrected chi connectivity index (χ4v) is 2.80. The molecule has 0 amide bonds. The first kappa shape index (κ1) is 15.2. The molecule has 2 aromatic rings. The van der Waals surface area contributed by atoms with Gasteiger partial charge >= 0.3 is 5.97 Å². The van der Waals surface area contributed by atoms with Crippen molar-refractivity contribution in [1.82, 2.24) is 4.98 Å². The van der Waals surface area contributed by atoms with E-state index in [9.17, 15) is 15.0 Å². The van der Waals surface area contributed by atoms with E-state index in [1.807, 2.05) is 6.07 Å². The van der Waals surface area contributed by atoms with Gasteiger partial charge in [0.25, 0.3) is 0 Å². The minimum atomic E-state index is -1.56. The third kappa shape index (κ3) is 2.32. The molecule has 0 saturated carbocycles. The predicted molar refractivity (Wildman–Crippen MR) is 80.0 cm³/mol. The highest BCUT2D eigenvalue weighted by molar-refractivity contribution is 5.88. The van der Waals surface area contributed by atoms with Crippen molar-refractivity contribution >= 4 is 5.97 Å². The van der Waals surface area contributed by atoms with Gasteiger partial charge in [0.15, 0.2) is 0 Å². The second kappa shape index (κ2) is 5.66. The molecule has 0 radical (unpaired) electrons. The lowest BCUT2D eigenvalue weighted by Gasteiger charge is -2.42. The smallest absolute Gasteiger partial charge is 0.321 e. The van der Waals surface area contributed by atoms with Crippen LogP contribution in [0.4, 0.5) is 0 Å². The van der Waals surface area contributed by atoms with Crippen molar-refractivity contribution in [2.75, 3.05) is 0 Å². The van der Waals surface area contributed by atoms with Crippen LogP contribution in [0.15, 0.2) is 54.9 Å². The molecular weight excluding hydrogens is 266 g/mol. The zero-order chi connectivity index (χ0) is 15.5. The zero-order valence-corrected chi connectivity index (χ0v) is 12.2. The average Bonchev–Trinajstić information content (AvgIpc) is 2.49. The van der Waals surface area contributed by atoms with Crippen molar-refractivity contribution in [1.29, 1.82) is 0 Å². The number of aromatic nitrogens is 1. The van der Waals surface area contributed by atoms with E-state index in [1.54, 1.807) is 56.4 Å². The summed E-state index contributed by atoms with van der Waals surface area (Å²) in [4.78, 5) is 16.3. The summed E-state index contributed by atoms with van der Waals surface area (Å²) in [6.45, 7) is 3.33. The van der Waals surface area contributed by atoms with E-state index in [-0.39, 0.29) is 0 Å². The lowest BCUT2D eigenvalue weighted by atomic mass is 9.63. The first-order valence-electron chi connectivity index (χ1n) is 6.88. The summed E-state index contributed by atoms with van der Waals surface area (Å²) in [6, 6.07) is 12.2. The molecular formula is C17H19NO3. The van der Waals surface area contributed by atoms with Crippen LogP contribution in [0.3, 0.4) is 0 Å². The van der Waals surface area contributed by atoms with E-state index in [1.165, 1.54) is 6.20 Å². The van der Waals surface area contributed by atoms with E-state index in [4.69, 9.17) is 0 Å². The normalized spacial score (nSPS) is 16.7. The second-order valence-corrected chi connectivity index (χ2v) is 5.29. The van der Waals surface area contributed by atoms with E-state index < -0.39 is 17.0 Å². The van der Waals surface area contributed by atoms with Crippen molar-refractivity contribution in [3.63, 3.8) is 0 Å². The molecule has 4 nitrogen and oxygen atoms in total. The minimum Gasteiger partial charge on any atom is -0.480 e. The lowest BCUT2D eigenvalue weighted by molar-refractivity contribution is -0.152. The fourth-order valence-electron chi connectivity index (χ4n) is 2.80. The number of pyridine rings is 1. The first-order chi connectivity index (χ1) is 9.96. The largest absolute Gasteiger partial charge is 0.480 e. The Morgan fingerprint density at radius 3 is 2.24 bits per heavy atom. The Morgan fingerprint density at radius 2 is 1.76 bits per heavy atom. The lowest BCUT2D eigenvalue weighted by Crippen LogP contribution is -2.55. The van der Waals surface area contributed by atoms with Crippen LogP contribution in [0.25, 0.3) is 0 Å². The molecule has 2 unspecified atom stereocenters. The van der Waals surface area contributed by atoms with Crippen molar-refractivity contribution in [3.8, 4) is 0 Å². The Balaban J connectivity index is 2.83. The van der Waals surface area contributed by atoms with Crippen molar-refractivity contribution in [2.45, 2.75) is 31.3 Å². The molecule has 2 atom stereocenters.